The number of nitrogens with zero attached hydrogens (tertiary/aromatic N) is 1. The molecule has 0 aliphatic carbocycles. The molecule has 1 aromatic rings. The standard InChI is InChI=1S/C17H27N3O3S.ClH/c1-2-11-18-12-13-19-17(21)16-10-6-7-14-20(16)24(22,23)15-8-4-3-5-9-15;/h3-5,8-9,16,18H,2,6-7,10-14H2,1H3,(H,19,21);1H. The first kappa shape index (κ1) is 21.9. The van der Waals surface area contributed by atoms with Crippen LogP contribution >= 0.6 is 12.4 Å². The number of halogens is 1. The van der Waals surface area contributed by atoms with Crippen LogP contribution in [0.3, 0.4) is 0 Å². The van der Waals surface area contributed by atoms with Gasteiger partial charge < -0.3 is 10.6 Å². The summed E-state index contributed by atoms with van der Waals surface area (Å²) in [6.45, 7) is 4.59. The molecule has 1 aliphatic rings. The molecule has 1 unspecified atom stereocenters. The molecule has 142 valence electrons. The SMILES string of the molecule is CCCNCCNC(=O)C1CCCCN1S(=O)(=O)c1ccccc1.Cl. The van der Waals surface area contributed by atoms with Crippen LogP contribution in [0.2, 0.25) is 0 Å². The van der Waals surface area contributed by atoms with E-state index in [-0.39, 0.29) is 23.2 Å². The maximum atomic E-state index is 12.9. The summed E-state index contributed by atoms with van der Waals surface area (Å²) in [5, 5.41) is 6.07. The molecule has 1 fully saturated rings. The number of piperidine rings is 1. The van der Waals surface area contributed by atoms with E-state index in [0.29, 0.717) is 26.1 Å². The second kappa shape index (κ2) is 10.8. The molecule has 1 aromatic carbocycles. The molecule has 0 bridgehead atoms. The molecule has 0 spiro atoms. The minimum Gasteiger partial charge on any atom is -0.353 e. The molecule has 8 heteroatoms. The highest BCUT2D eigenvalue weighted by Crippen LogP contribution is 2.25. The molecule has 2 N–H and O–H groups in total. The van der Waals surface area contributed by atoms with Crippen molar-refractivity contribution in [2.45, 2.75) is 43.5 Å². The Kier molecular flexibility index (Phi) is 9.42. The smallest absolute Gasteiger partial charge is 0.243 e. The zero-order chi connectivity index (χ0) is 17.4. The van der Waals surface area contributed by atoms with Gasteiger partial charge in [-0.2, -0.15) is 4.31 Å². The lowest BCUT2D eigenvalue weighted by atomic mass is 10.0. The summed E-state index contributed by atoms with van der Waals surface area (Å²) in [5.41, 5.74) is 0. The number of amides is 1. The fourth-order valence-electron chi connectivity index (χ4n) is 2.88. The van der Waals surface area contributed by atoms with E-state index in [1.807, 2.05) is 0 Å². The van der Waals surface area contributed by atoms with Crippen LogP contribution in [-0.2, 0) is 14.8 Å². The van der Waals surface area contributed by atoms with E-state index in [0.717, 1.165) is 25.8 Å². The number of benzene rings is 1. The summed E-state index contributed by atoms with van der Waals surface area (Å²) in [6.07, 6.45) is 3.26. The van der Waals surface area contributed by atoms with Crippen LogP contribution < -0.4 is 10.6 Å². The summed E-state index contributed by atoms with van der Waals surface area (Å²) in [7, 11) is -3.64. The van der Waals surface area contributed by atoms with Crippen molar-refractivity contribution in [1.29, 1.82) is 0 Å². The van der Waals surface area contributed by atoms with Gasteiger partial charge in [0.15, 0.2) is 0 Å². The third kappa shape index (κ3) is 5.95. The molecule has 1 atom stereocenters. The predicted molar refractivity (Wildman–Crippen MR) is 101 cm³/mol. The highest BCUT2D eigenvalue weighted by atomic mass is 35.5. The van der Waals surface area contributed by atoms with Gasteiger partial charge in [-0.05, 0) is 37.9 Å². The average molecular weight is 390 g/mol. The molecule has 0 saturated carbocycles. The van der Waals surface area contributed by atoms with Gasteiger partial charge in [0.25, 0.3) is 0 Å². The molecule has 1 aliphatic heterocycles. The van der Waals surface area contributed by atoms with Crippen molar-refractivity contribution < 1.29 is 13.2 Å². The third-order valence-corrected chi connectivity index (χ3v) is 6.06. The van der Waals surface area contributed by atoms with Crippen LogP contribution in [0.15, 0.2) is 35.2 Å². The monoisotopic (exact) mass is 389 g/mol. The van der Waals surface area contributed by atoms with Crippen LogP contribution in [0.4, 0.5) is 0 Å². The maximum Gasteiger partial charge on any atom is 0.243 e. The number of hydrogen-bond acceptors (Lipinski definition) is 4. The molecular weight excluding hydrogens is 362 g/mol. The molecule has 1 saturated heterocycles. The van der Waals surface area contributed by atoms with Crippen LogP contribution in [-0.4, -0.2) is 50.9 Å². The van der Waals surface area contributed by atoms with Gasteiger partial charge in [-0.25, -0.2) is 8.42 Å². The van der Waals surface area contributed by atoms with Gasteiger partial charge >= 0.3 is 0 Å². The summed E-state index contributed by atoms with van der Waals surface area (Å²) in [4.78, 5) is 12.7. The largest absolute Gasteiger partial charge is 0.353 e. The topological polar surface area (TPSA) is 78.5 Å². The number of hydrogen-bond donors (Lipinski definition) is 2. The first-order valence-corrected chi connectivity index (χ1v) is 10.1. The minimum absolute atomic E-state index is 0. The van der Waals surface area contributed by atoms with Gasteiger partial charge in [0.2, 0.25) is 15.9 Å². The molecule has 2 rings (SSSR count). The molecule has 1 amide bonds. The predicted octanol–water partition coefficient (Wildman–Crippen LogP) is 1.77. The average Bonchev–Trinajstić information content (AvgIpc) is 2.62. The minimum atomic E-state index is -3.64. The van der Waals surface area contributed by atoms with Crippen molar-refractivity contribution in [3.05, 3.63) is 30.3 Å². The van der Waals surface area contributed by atoms with E-state index < -0.39 is 16.1 Å². The summed E-state index contributed by atoms with van der Waals surface area (Å²) >= 11 is 0. The van der Waals surface area contributed by atoms with Gasteiger partial charge in [0.05, 0.1) is 4.90 Å². The Morgan fingerprint density at radius 2 is 1.88 bits per heavy atom. The quantitative estimate of drug-likeness (QED) is 0.664. The van der Waals surface area contributed by atoms with Crippen molar-refractivity contribution in [3.63, 3.8) is 0 Å². The van der Waals surface area contributed by atoms with Gasteiger partial charge in [-0.15, -0.1) is 12.4 Å². The number of nitrogens with one attached hydrogen (secondary N) is 2. The van der Waals surface area contributed by atoms with Crippen molar-refractivity contribution in [3.8, 4) is 0 Å². The van der Waals surface area contributed by atoms with Gasteiger partial charge in [-0.1, -0.05) is 31.5 Å². The summed E-state index contributed by atoms with van der Waals surface area (Å²) < 4.78 is 27.1. The van der Waals surface area contributed by atoms with E-state index in [9.17, 15) is 13.2 Å². The van der Waals surface area contributed by atoms with Crippen molar-refractivity contribution in [1.82, 2.24) is 14.9 Å². The van der Waals surface area contributed by atoms with E-state index in [4.69, 9.17) is 0 Å². The Balaban J connectivity index is 0.00000312. The lowest BCUT2D eigenvalue weighted by Crippen LogP contribution is -2.52. The van der Waals surface area contributed by atoms with Crippen LogP contribution in [0.25, 0.3) is 0 Å². The number of carbonyl (C=O) groups is 1. The van der Waals surface area contributed by atoms with Gasteiger partial charge in [-0.3, -0.25) is 4.79 Å². The van der Waals surface area contributed by atoms with Crippen molar-refractivity contribution >= 4 is 28.3 Å². The number of rotatable bonds is 8. The number of sulfonamides is 1. The molecule has 0 aromatic heterocycles. The highest BCUT2D eigenvalue weighted by Gasteiger charge is 2.37. The van der Waals surface area contributed by atoms with Gasteiger partial charge in [0, 0.05) is 19.6 Å². The molecule has 0 radical (unpaired) electrons. The molecule has 1 heterocycles. The Bertz CT molecular complexity index is 625. The number of carbonyl (C=O) groups excluding carboxylic acids is 1. The van der Waals surface area contributed by atoms with Crippen molar-refractivity contribution in [2.75, 3.05) is 26.2 Å². The second-order valence-electron chi connectivity index (χ2n) is 5.98. The summed E-state index contributed by atoms with van der Waals surface area (Å²) in [5.74, 6) is -0.201. The van der Waals surface area contributed by atoms with Crippen LogP contribution in [0.1, 0.15) is 32.6 Å². The highest BCUT2D eigenvalue weighted by molar-refractivity contribution is 7.89. The van der Waals surface area contributed by atoms with E-state index in [1.54, 1.807) is 30.3 Å². The summed E-state index contributed by atoms with van der Waals surface area (Å²) in [6, 6.07) is 7.72. The normalized spacial score (nSPS) is 18.4. The zero-order valence-corrected chi connectivity index (χ0v) is 16.2. The van der Waals surface area contributed by atoms with Crippen LogP contribution in [0.5, 0.6) is 0 Å². The maximum absolute atomic E-state index is 12.9. The Hall–Kier alpha value is -1.15. The Morgan fingerprint density at radius 3 is 2.56 bits per heavy atom. The molecular formula is C17H28ClN3O3S. The zero-order valence-electron chi connectivity index (χ0n) is 14.6. The lowest BCUT2D eigenvalue weighted by molar-refractivity contribution is -0.125. The first-order valence-electron chi connectivity index (χ1n) is 8.62. The molecule has 6 nitrogen and oxygen atoms in total. The second-order valence-corrected chi connectivity index (χ2v) is 7.87. The van der Waals surface area contributed by atoms with E-state index in [2.05, 4.69) is 17.6 Å². The molecule has 25 heavy (non-hydrogen) atoms. The van der Waals surface area contributed by atoms with Gasteiger partial charge in [0.1, 0.15) is 6.04 Å². The first-order chi connectivity index (χ1) is 11.6. The van der Waals surface area contributed by atoms with E-state index >= 15 is 0 Å². The third-order valence-electron chi connectivity index (χ3n) is 4.13. The Morgan fingerprint density at radius 1 is 1.16 bits per heavy atom. The Labute approximate surface area is 156 Å². The fraction of sp³-hybridized carbons (Fsp3) is 0.588. The van der Waals surface area contributed by atoms with Crippen molar-refractivity contribution in [2.24, 2.45) is 0 Å². The van der Waals surface area contributed by atoms with E-state index in [1.165, 1.54) is 4.31 Å². The van der Waals surface area contributed by atoms with Crippen LogP contribution in [0, 0.1) is 0 Å². The fourth-order valence-corrected chi connectivity index (χ4v) is 4.55. The lowest BCUT2D eigenvalue weighted by Gasteiger charge is -2.33.